The van der Waals surface area contributed by atoms with Gasteiger partial charge in [-0.05, 0) is 50.9 Å². The number of ether oxygens (including phenoxy) is 2. The third kappa shape index (κ3) is 4.63. The third-order valence-electron chi connectivity index (χ3n) is 3.62. The molecule has 2 rings (SSSR count). The Morgan fingerprint density at radius 2 is 2.29 bits per heavy atom. The Labute approximate surface area is 126 Å². The zero-order valence-corrected chi connectivity index (χ0v) is 12.8. The molecule has 21 heavy (non-hydrogen) atoms. The number of carbonyl (C=O) groups is 1. The Kier molecular flexibility index (Phi) is 5.87. The molecule has 1 atom stereocenters. The van der Waals surface area contributed by atoms with Gasteiger partial charge in [0.25, 0.3) is 0 Å². The Bertz CT molecular complexity index is 471. The molecule has 1 amide bonds. The predicted octanol–water partition coefficient (Wildman–Crippen LogP) is 2.42. The van der Waals surface area contributed by atoms with Crippen LogP contribution in [0.5, 0.6) is 11.5 Å². The molecular weight excluding hydrogens is 268 g/mol. The van der Waals surface area contributed by atoms with Gasteiger partial charge in [0.1, 0.15) is 0 Å². The van der Waals surface area contributed by atoms with Crippen molar-refractivity contribution in [2.75, 3.05) is 32.1 Å². The number of hydrogen-bond donors (Lipinski definition) is 2. The monoisotopic (exact) mass is 292 g/mol. The van der Waals surface area contributed by atoms with E-state index in [9.17, 15) is 4.79 Å². The van der Waals surface area contributed by atoms with Crippen LogP contribution in [-0.2, 0) is 4.79 Å². The molecule has 0 aromatic heterocycles. The van der Waals surface area contributed by atoms with E-state index >= 15 is 0 Å². The van der Waals surface area contributed by atoms with E-state index in [1.54, 1.807) is 13.2 Å². The minimum atomic E-state index is 0.0521. The van der Waals surface area contributed by atoms with Crippen molar-refractivity contribution in [2.45, 2.75) is 26.2 Å². The fourth-order valence-corrected chi connectivity index (χ4v) is 2.60. The molecule has 1 fully saturated rings. The first-order chi connectivity index (χ1) is 10.2. The molecule has 1 saturated heterocycles. The summed E-state index contributed by atoms with van der Waals surface area (Å²) in [6, 6.07) is 5.44. The fourth-order valence-electron chi connectivity index (χ4n) is 2.60. The van der Waals surface area contributed by atoms with E-state index in [4.69, 9.17) is 9.47 Å². The van der Waals surface area contributed by atoms with Gasteiger partial charge in [-0.2, -0.15) is 0 Å². The zero-order chi connectivity index (χ0) is 15.1. The van der Waals surface area contributed by atoms with Gasteiger partial charge in [0.05, 0.1) is 13.7 Å². The van der Waals surface area contributed by atoms with Crippen molar-refractivity contribution in [3.05, 3.63) is 18.2 Å². The highest BCUT2D eigenvalue weighted by Crippen LogP contribution is 2.30. The highest BCUT2D eigenvalue weighted by atomic mass is 16.5. The van der Waals surface area contributed by atoms with Crippen LogP contribution in [0.25, 0.3) is 0 Å². The SMILES string of the molecule is CCOc1cc(NC(=O)CC2CCCNC2)ccc1OC. The van der Waals surface area contributed by atoms with Crippen molar-refractivity contribution in [1.82, 2.24) is 5.32 Å². The van der Waals surface area contributed by atoms with E-state index in [-0.39, 0.29) is 5.91 Å². The Hall–Kier alpha value is -1.75. The largest absolute Gasteiger partial charge is 0.493 e. The lowest BCUT2D eigenvalue weighted by molar-refractivity contribution is -0.117. The molecule has 0 spiro atoms. The summed E-state index contributed by atoms with van der Waals surface area (Å²) in [5, 5.41) is 6.27. The number of benzene rings is 1. The Morgan fingerprint density at radius 1 is 1.43 bits per heavy atom. The summed E-state index contributed by atoms with van der Waals surface area (Å²) >= 11 is 0. The van der Waals surface area contributed by atoms with Gasteiger partial charge in [0, 0.05) is 18.2 Å². The molecule has 1 aliphatic heterocycles. The van der Waals surface area contributed by atoms with Gasteiger partial charge in [-0.15, -0.1) is 0 Å². The average molecular weight is 292 g/mol. The first-order valence-electron chi connectivity index (χ1n) is 7.54. The van der Waals surface area contributed by atoms with Gasteiger partial charge in [0.15, 0.2) is 11.5 Å². The molecule has 1 unspecified atom stereocenters. The molecule has 2 N–H and O–H groups in total. The maximum atomic E-state index is 12.1. The van der Waals surface area contributed by atoms with Crippen molar-refractivity contribution < 1.29 is 14.3 Å². The van der Waals surface area contributed by atoms with Crippen LogP contribution in [0.1, 0.15) is 26.2 Å². The number of nitrogens with one attached hydrogen (secondary N) is 2. The standard InChI is InChI=1S/C16H24N2O3/c1-3-21-15-10-13(6-7-14(15)20-2)18-16(19)9-12-5-4-8-17-11-12/h6-7,10,12,17H,3-5,8-9,11H2,1-2H3,(H,18,19). The lowest BCUT2D eigenvalue weighted by Crippen LogP contribution is -2.32. The van der Waals surface area contributed by atoms with E-state index in [0.29, 0.717) is 30.4 Å². The van der Waals surface area contributed by atoms with E-state index < -0.39 is 0 Å². The van der Waals surface area contributed by atoms with Crippen LogP contribution < -0.4 is 20.1 Å². The van der Waals surface area contributed by atoms with Crippen molar-refractivity contribution >= 4 is 11.6 Å². The summed E-state index contributed by atoms with van der Waals surface area (Å²) < 4.78 is 10.7. The van der Waals surface area contributed by atoms with E-state index in [2.05, 4.69) is 10.6 Å². The van der Waals surface area contributed by atoms with E-state index in [0.717, 1.165) is 31.6 Å². The smallest absolute Gasteiger partial charge is 0.224 e. The van der Waals surface area contributed by atoms with Crippen molar-refractivity contribution in [2.24, 2.45) is 5.92 Å². The van der Waals surface area contributed by atoms with Crippen LogP contribution in [0.2, 0.25) is 0 Å². The molecule has 116 valence electrons. The highest BCUT2D eigenvalue weighted by Gasteiger charge is 2.17. The van der Waals surface area contributed by atoms with Crippen molar-refractivity contribution in [3.63, 3.8) is 0 Å². The summed E-state index contributed by atoms with van der Waals surface area (Å²) in [5.74, 6) is 1.81. The summed E-state index contributed by atoms with van der Waals surface area (Å²) in [7, 11) is 1.60. The number of carbonyl (C=O) groups excluding carboxylic acids is 1. The first kappa shape index (κ1) is 15.6. The second kappa shape index (κ2) is 7.88. The van der Waals surface area contributed by atoms with E-state index in [1.807, 2.05) is 19.1 Å². The van der Waals surface area contributed by atoms with Crippen molar-refractivity contribution in [3.8, 4) is 11.5 Å². The number of piperidine rings is 1. The highest BCUT2D eigenvalue weighted by molar-refractivity contribution is 5.91. The second-order valence-corrected chi connectivity index (χ2v) is 5.26. The third-order valence-corrected chi connectivity index (χ3v) is 3.62. The number of rotatable bonds is 6. The summed E-state index contributed by atoms with van der Waals surface area (Å²) in [6.07, 6.45) is 2.82. The molecule has 5 heteroatoms. The predicted molar refractivity (Wildman–Crippen MR) is 83.0 cm³/mol. The molecule has 1 aromatic carbocycles. The normalized spacial score (nSPS) is 18.1. The minimum absolute atomic E-state index is 0.0521. The van der Waals surface area contributed by atoms with Crippen LogP contribution in [0.3, 0.4) is 0 Å². The molecular formula is C16H24N2O3. The summed E-state index contributed by atoms with van der Waals surface area (Å²) in [6.45, 7) is 4.47. The number of anilines is 1. The molecule has 0 saturated carbocycles. The topological polar surface area (TPSA) is 59.6 Å². The van der Waals surface area contributed by atoms with Gasteiger partial charge in [-0.3, -0.25) is 4.79 Å². The van der Waals surface area contributed by atoms with Crippen molar-refractivity contribution in [1.29, 1.82) is 0 Å². The zero-order valence-electron chi connectivity index (χ0n) is 12.8. The molecule has 1 aromatic rings. The van der Waals surface area contributed by atoms with Gasteiger partial charge in [-0.25, -0.2) is 0 Å². The van der Waals surface area contributed by atoms with Gasteiger partial charge < -0.3 is 20.1 Å². The van der Waals surface area contributed by atoms with Crippen LogP contribution in [0, 0.1) is 5.92 Å². The quantitative estimate of drug-likeness (QED) is 0.845. The minimum Gasteiger partial charge on any atom is -0.493 e. The molecule has 5 nitrogen and oxygen atoms in total. The lowest BCUT2D eigenvalue weighted by atomic mass is 9.96. The number of methoxy groups -OCH3 is 1. The van der Waals surface area contributed by atoms with Gasteiger partial charge >= 0.3 is 0 Å². The maximum Gasteiger partial charge on any atom is 0.224 e. The molecule has 0 radical (unpaired) electrons. The maximum absolute atomic E-state index is 12.1. The van der Waals surface area contributed by atoms with E-state index in [1.165, 1.54) is 0 Å². The van der Waals surface area contributed by atoms with Gasteiger partial charge in [-0.1, -0.05) is 0 Å². The summed E-state index contributed by atoms with van der Waals surface area (Å²) in [4.78, 5) is 12.1. The Morgan fingerprint density at radius 3 is 2.95 bits per heavy atom. The summed E-state index contributed by atoms with van der Waals surface area (Å²) in [5.41, 5.74) is 0.744. The molecule has 1 aliphatic rings. The Balaban J connectivity index is 1.94. The van der Waals surface area contributed by atoms with Crippen LogP contribution in [0.15, 0.2) is 18.2 Å². The van der Waals surface area contributed by atoms with Crippen LogP contribution in [-0.4, -0.2) is 32.7 Å². The second-order valence-electron chi connectivity index (χ2n) is 5.26. The molecule has 0 bridgehead atoms. The molecule has 0 aliphatic carbocycles. The number of amides is 1. The lowest BCUT2D eigenvalue weighted by Gasteiger charge is -2.22. The van der Waals surface area contributed by atoms with Gasteiger partial charge in [0.2, 0.25) is 5.91 Å². The number of hydrogen-bond acceptors (Lipinski definition) is 4. The van der Waals surface area contributed by atoms with Crippen LogP contribution >= 0.6 is 0 Å². The van der Waals surface area contributed by atoms with Crippen LogP contribution in [0.4, 0.5) is 5.69 Å². The first-order valence-corrected chi connectivity index (χ1v) is 7.54. The fraction of sp³-hybridized carbons (Fsp3) is 0.562. The average Bonchev–Trinajstić information content (AvgIpc) is 2.49. The molecule has 1 heterocycles.